The summed E-state index contributed by atoms with van der Waals surface area (Å²) in [4.78, 5) is 7.11. The average molecular weight is 348 g/mol. The summed E-state index contributed by atoms with van der Waals surface area (Å²) in [6, 6.07) is 11.1. The second-order valence-electron chi connectivity index (χ2n) is 5.27. The Kier molecular flexibility index (Phi) is 3.60. The summed E-state index contributed by atoms with van der Waals surface area (Å²) in [7, 11) is 0. The largest absolute Gasteiger partial charge is 0.486 e. The molecule has 0 spiro atoms. The molecule has 0 amide bonds. The maximum Gasteiger partial charge on any atom is 0.451 e. The molecular weight excluding hydrogens is 337 g/mol. The predicted octanol–water partition coefficient (Wildman–Crippen LogP) is 4.21. The maximum atomic E-state index is 13.0. The molecule has 5 nitrogen and oxygen atoms in total. The minimum atomic E-state index is -4.67. The van der Waals surface area contributed by atoms with Gasteiger partial charge in [0.1, 0.15) is 19.0 Å². The van der Waals surface area contributed by atoms with E-state index in [-0.39, 0.29) is 11.4 Å². The van der Waals surface area contributed by atoms with E-state index in [0.717, 1.165) is 0 Å². The van der Waals surface area contributed by atoms with E-state index in [4.69, 9.17) is 14.2 Å². The van der Waals surface area contributed by atoms with E-state index in [1.54, 1.807) is 36.4 Å². The van der Waals surface area contributed by atoms with E-state index in [1.165, 1.54) is 6.07 Å². The molecule has 0 saturated heterocycles. The van der Waals surface area contributed by atoms with E-state index in [1.807, 2.05) is 0 Å². The molecule has 0 atom stereocenters. The Hall–Kier alpha value is -3.03. The molecule has 2 heterocycles. The molecule has 0 fully saturated rings. The van der Waals surface area contributed by atoms with Crippen molar-refractivity contribution in [1.29, 1.82) is 0 Å². The summed E-state index contributed by atoms with van der Waals surface area (Å²) >= 11 is 0. The van der Waals surface area contributed by atoms with Crippen molar-refractivity contribution >= 4 is 10.9 Å². The number of rotatable bonds is 2. The van der Waals surface area contributed by atoms with Crippen LogP contribution in [0.1, 0.15) is 5.82 Å². The van der Waals surface area contributed by atoms with Crippen molar-refractivity contribution in [2.45, 2.75) is 6.18 Å². The highest BCUT2D eigenvalue weighted by Gasteiger charge is 2.36. The quantitative estimate of drug-likeness (QED) is 0.694. The molecule has 128 valence electrons. The Morgan fingerprint density at radius 3 is 2.48 bits per heavy atom. The number of ether oxygens (including phenoxy) is 3. The van der Waals surface area contributed by atoms with Crippen LogP contribution in [-0.4, -0.2) is 23.2 Å². The highest BCUT2D eigenvalue weighted by atomic mass is 19.4. The average Bonchev–Trinajstić information content (AvgIpc) is 2.61. The number of alkyl halides is 3. The Bertz CT molecular complexity index is 944. The first-order valence-electron chi connectivity index (χ1n) is 7.42. The maximum absolute atomic E-state index is 13.0. The second kappa shape index (κ2) is 5.80. The molecule has 1 aliphatic rings. The summed E-state index contributed by atoms with van der Waals surface area (Å²) in [6.45, 7) is 0.837. The summed E-state index contributed by atoms with van der Waals surface area (Å²) in [5, 5.41) is 0.380. The third-order valence-corrected chi connectivity index (χ3v) is 3.55. The van der Waals surface area contributed by atoms with Crippen LogP contribution in [-0.2, 0) is 6.18 Å². The van der Waals surface area contributed by atoms with Crippen molar-refractivity contribution in [1.82, 2.24) is 9.97 Å². The lowest BCUT2D eigenvalue weighted by Crippen LogP contribution is -2.15. The van der Waals surface area contributed by atoms with Crippen LogP contribution in [0.15, 0.2) is 42.5 Å². The van der Waals surface area contributed by atoms with Crippen molar-refractivity contribution in [2.24, 2.45) is 0 Å². The van der Waals surface area contributed by atoms with Crippen molar-refractivity contribution in [2.75, 3.05) is 13.2 Å². The first-order chi connectivity index (χ1) is 12.0. The fraction of sp³-hybridized carbons (Fsp3) is 0.176. The summed E-state index contributed by atoms with van der Waals surface area (Å²) in [6.07, 6.45) is -4.67. The van der Waals surface area contributed by atoms with Crippen molar-refractivity contribution in [3.05, 3.63) is 48.3 Å². The molecule has 0 saturated carbocycles. The van der Waals surface area contributed by atoms with E-state index in [9.17, 15) is 13.2 Å². The molecular formula is C17H11F3N2O3. The normalized spacial score (nSPS) is 13.7. The molecule has 0 N–H and O–H groups in total. The first kappa shape index (κ1) is 15.5. The Labute approximate surface area is 140 Å². The zero-order valence-electron chi connectivity index (χ0n) is 12.7. The van der Waals surface area contributed by atoms with Gasteiger partial charge in [-0.3, -0.25) is 0 Å². The molecule has 0 aliphatic carbocycles. The third kappa shape index (κ3) is 3.02. The number of benzene rings is 2. The Morgan fingerprint density at radius 1 is 0.920 bits per heavy atom. The highest BCUT2D eigenvalue weighted by Crippen LogP contribution is 2.37. The number of halogens is 3. The number of aromatic nitrogens is 2. The number of hydrogen-bond donors (Lipinski definition) is 0. The Balaban J connectivity index is 1.78. The van der Waals surface area contributed by atoms with E-state index >= 15 is 0 Å². The van der Waals surface area contributed by atoms with Gasteiger partial charge < -0.3 is 14.2 Å². The van der Waals surface area contributed by atoms with Crippen LogP contribution < -0.4 is 14.2 Å². The van der Waals surface area contributed by atoms with E-state index < -0.39 is 12.0 Å². The molecule has 4 rings (SSSR count). The first-order valence-corrected chi connectivity index (χ1v) is 7.42. The van der Waals surface area contributed by atoms with Gasteiger partial charge in [0.05, 0.1) is 10.9 Å². The van der Waals surface area contributed by atoms with Crippen molar-refractivity contribution < 1.29 is 27.4 Å². The van der Waals surface area contributed by atoms with Gasteiger partial charge in [-0.2, -0.15) is 18.2 Å². The monoisotopic (exact) mass is 348 g/mol. The summed E-state index contributed by atoms with van der Waals surface area (Å²) < 4.78 is 55.6. The van der Waals surface area contributed by atoms with Crippen molar-refractivity contribution in [3.8, 4) is 23.1 Å². The van der Waals surface area contributed by atoms with Crippen LogP contribution in [0, 0.1) is 0 Å². The van der Waals surface area contributed by atoms with Gasteiger partial charge in [-0.05, 0) is 24.3 Å². The lowest BCUT2D eigenvalue weighted by atomic mass is 10.2. The van der Waals surface area contributed by atoms with Gasteiger partial charge in [0, 0.05) is 6.07 Å². The van der Waals surface area contributed by atoms with Crippen molar-refractivity contribution in [3.63, 3.8) is 0 Å². The Morgan fingerprint density at radius 2 is 1.68 bits per heavy atom. The number of fused-ring (bicyclic) bond motifs is 2. The molecule has 8 heteroatoms. The van der Waals surface area contributed by atoms with Gasteiger partial charge >= 0.3 is 6.18 Å². The minimum Gasteiger partial charge on any atom is -0.486 e. The lowest BCUT2D eigenvalue weighted by molar-refractivity contribution is -0.144. The van der Waals surface area contributed by atoms with Gasteiger partial charge in [0.25, 0.3) is 0 Å². The van der Waals surface area contributed by atoms with Gasteiger partial charge in [-0.1, -0.05) is 12.1 Å². The fourth-order valence-electron chi connectivity index (χ4n) is 2.45. The number of hydrogen-bond acceptors (Lipinski definition) is 5. The van der Waals surface area contributed by atoms with E-state index in [2.05, 4.69) is 9.97 Å². The summed E-state index contributed by atoms with van der Waals surface area (Å²) in [5.41, 5.74) is 0.150. The molecule has 0 radical (unpaired) electrons. The van der Waals surface area contributed by atoms with Crippen LogP contribution in [0.25, 0.3) is 10.9 Å². The molecule has 25 heavy (non-hydrogen) atoms. The van der Waals surface area contributed by atoms with Crippen LogP contribution in [0.2, 0.25) is 0 Å². The third-order valence-electron chi connectivity index (χ3n) is 3.55. The minimum absolute atomic E-state index is 0.150. The molecule has 0 bridgehead atoms. The SMILES string of the molecule is FC(F)(F)c1nc(Oc2ccc3c(c2)OCCO3)c2ccccc2n1. The molecule has 0 unspecified atom stereocenters. The van der Waals surface area contributed by atoms with Gasteiger partial charge in [-0.25, -0.2) is 4.98 Å². The van der Waals surface area contributed by atoms with Crippen LogP contribution >= 0.6 is 0 Å². The predicted molar refractivity (Wildman–Crippen MR) is 82.0 cm³/mol. The molecule has 1 aliphatic heterocycles. The van der Waals surface area contributed by atoms with Crippen LogP contribution in [0.5, 0.6) is 23.1 Å². The number of para-hydroxylation sites is 1. The van der Waals surface area contributed by atoms with Crippen LogP contribution in [0.3, 0.4) is 0 Å². The second-order valence-corrected chi connectivity index (χ2v) is 5.27. The fourth-order valence-corrected chi connectivity index (χ4v) is 2.45. The van der Waals surface area contributed by atoms with Gasteiger partial charge in [0.15, 0.2) is 11.5 Å². The van der Waals surface area contributed by atoms with Crippen LogP contribution in [0.4, 0.5) is 13.2 Å². The molecule has 1 aromatic heterocycles. The van der Waals surface area contributed by atoms with Gasteiger partial charge in [0.2, 0.25) is 11.7 Å². The topological polar surface area (TPSA) is 53.5 Å². The smallest absolute Gasteiger partial charge is 0.451 e. The zero-order chi connectivity index (χ0) is 17.4. The standard InChI is InChI=1S/C17H11F3N2O3/c18-17(19,20)16-21-12-4-2-1-3-11(12)15(22-16)25-10-5-6-13-14(9-10)24-8-7-23-13/h1-6,9H,7-8H2. The molecule has 2 aromatic carbocycles. The molecule has 3 aromatic rings. The van der Waals surface area contributed by atoms with Gasteiger partial charge in [-0.15, -0.1) is 0 Å². The highest BCUT2D eigenvalue weighted by molar-refractivity contribution is 5.83. The summed E-state index contributed by atoms with van der Waals surface area (Å²) in [5.74, 6) is -0.102. The van der Waals surface area contributed by atoms with E-state index in [0.29, 0.717) is 35.8 Å². The number of nitrogens with zero attached hydrogens (tertiary/aromatic N) is 2. The zero-order valence-corrected chi connectivity index (χ0v) is 12.7. The lowest BCUT2D eigenvalue weighted by Gasteiger charge is -2.19.